The topological polar surface area (TPSA) is 106 Å². The smallest absolute Gasteiger partial charge is 0.183 e. The largest absolute Gasteiger partial charge is 0.491 e. The number of nitrogens with one attached hydrogen (secondary N) is 1. The lowest BCUT2D eigenvalue weighted by atomic mass is 10.1. The second kappa shape index (κ2) is 9.77. The first-order chi connectivity index (χ1) is 15.7. The lowest BCUT2D eigenvalue weighted by Gasteiger charge is -2.28. The Bertz CT molecular complexity index is 1120. The van der Waals surface area contributed by atoms with E-state index in [0.717, 1.165) is 31.7 Å². The first-order valence-corrected chi connectivity index (χ1v) is 14.7. The Morgan fingerprint density at radius 1 is 1.12 bits per heavy atom. The van der Waals surface area contributed by atoms with Gasteiger partial charge in [-0.1, -0.05) is 0 Å². The Morgan fingerprint density at radius 3 is 2.42 bits per heavy atom. The molecule has 1 unspecified atom stereocenters. The van der Waals surface area contributed by atoms with Gasteiger partial charge in [-0.25, -0.2) is 16.8 Å². The molecule has 2 saturated heterocycles. The maximum atomic E-state index is 13.4. The van der Waals surface area contributed by atoms with Gasteiger partial charge in [0.1, 0.15) is 11.5 Å². The zero-order valence-corrected chi connectivity index (χ0v) is 20.6. The maximum absolute atomic E-state index is 13.4. The third-order valence-electron chi connectivity index (χ3n) is 6.25. The highest BCUT2D eigenvalue weighted by Crippen LogP contribution is 2.29. The van der Waals surface area contributed by atoms with Gasteiger partial charge >= 0.3 is 0 Å². The zero-order valence-electron chi connectivity index (χ0n) is 19.0. The van der Waals surface area contributed by atoms with Crippen LogP contribution < -0.4 is 10.1 Å². The predicted molar refractivity (Wildman–Crippen MR) is 126 cm³/mol. The van der Waals surface area contributed by atoms with Crippen LogP contribution in [0.1, 0.15) is 38.5 Å². The van der Waals surface area contributed by atoms with E-state index in [2.05, 4.69) is 10.2 Å². The van der Waals surface area contributed by atoms with Gasteiger partial charge in [0.05, 0.1) is 40.1 Å². The van der Waals surface area contributed by atoms with Crippen LogP contribution in [0.15, 0.2) is 52.0 Å². The quantitative estimate of drug-likeness (QED) is 0.564. The molecule has 33 heavy (non-hydrogen) atoms. The Labute approximate surface area is 196 Å². The Balaban J connectivity index is 1.53. The second-order valence-electron chi connectivity index (χ2n) is 9.09. The third kappa shape index (κ3) is 5.62. The number of sulfone groups is 2. The molecule has 0 amide bonds. The van der Waals surface area contributed by atoms with Crippen molar-refractivity contribution in [1.29, 1.82) is 0 Å². The lowest BCUT2D eigenvalue weighted by molar-refractivity contribution is 0.206. The normalized spacial score (nSPS) is 24.3. The molecule has 1 N–H and O–H groups in total. The van der Waals surface area contributed by atoms with Crippen LogP contribution in [-0.2, 0) is 19.7 Å². The molecule has 2 aliphatic heterocycles. The van der Waals surface area contributed by atoms with Gasteiger partial charge in [0.25, 0.3) is 0 Å². The van der Waals surface area contributed by atoms with Crippen molar-refractivity contribution in [3.8, 4) is 5.75 Å². The summed E-state index contributed by atoms with van der Waals surface area (Å²) in [4.78, 5) is 2.40. The molecular formula is C23H32N2O6S2. The van der Waals surface area contributed by atoms with E-state index in [-0.39, 0.29) is 28.5 Å². The van der Waals surface area contributed by atoms with E-state index in [1.165, 1.54) is 12.1 Å². The van der Waals surface area contributed by atoms with Crippen molar-refractivity contribution in [2.75, 3.05) is 31.1 Å². The number of furan rings is 1. The molecule has 2 aromatic rings. The van der Waals surface area contributed by atoms with Gasteiger partial charge < -0.3 is 14.5 Å². The van der Waals surface area contributed by atoms with E-state index in [4.69, 9.17) is 9.15 Å². The fourth-order valence-electron chi connectivity index (χ4n) is 4.67. The molecule has 0 bridgehead atoms. The van der Waals surface area contributed by atoms with Crippen molar-refractivity contribution in [3.05, 3.63) is 48.4 Å². The Hall–Kier alpha value is -1.88. The molecule has 3 atom stereocenters. The minimum Gasteiger partial charge on any atom is -0.491 e. The van der Waals surface area contributed by atoms with Gasteiger partial charge in [0.15, 0.2) is 19.7 Å². The van der Waals surface area contributed by atoms with E-state index in [1.54, 1.807) is 18.4 Å². The molecule has 0 spiro atoms. The number of ether oxygens (including phenoxy) is 1. The van der Waals surface area contributed by atoms with Crippen LogP contribution >= 0.6 is 0 Å². The van der Waals surface area contributed by atoms with E-state index < -0.39 is 31.0 Å². The molecule has 2 aliphatic rings. The molecule has 0 aliphatic carbocycles. The highest BCUT2D eigenvalue weighted by molar-refractivity contribution is 7.96. The van der Waals surface area contributed by atoms with Gasteiger partial charge in [0.2, 0.25) is 0 Å². The number of benzene rings is 1. The minimum atomic E-state index is -3.86. The van der Waals surface area contributed by atoms with Crippen molar-refractivity contribution in [2.24, 2.45) is 0 Å². The average Bonchev–Trinajstić information content (AvgIpc) is 3.50. The Morgan fingerprint density at radius 2 is 1.82 bits per heavy atom. The number of rotatable bonds is 9. The van der Waals surface area contributed by atoms with Gasteiger partial charge in [-0.2, -0.15) is 0 Å². The van der Waals surface area contributed by atoms with E-state index in [0.29, 0.717) is 12.3 Å². The first-order valence-electron chi connectivity index (χ1n) is 11.4. The molecule has 2 fully saturated rings. The summed E-state index contributed by atoms with van der Waals surface area (Å²) in [5, 5.41) is 2.24. The molecule has 0 saturated carbocycles. The molecule has 182 valence electrons. The predicted octanol–water partition coefficient (Wildman–Crippen LogP) is 2.43. The maximum Gasteiger partial charge on any atom is 0.183 e. The standard InChI is InChI=1S/C23H32N2O6S2/c1-17(2)31-18-7-9-19(10-8-18)33(28,29)23-16-32(26,27)15-20(23)24-14-21(22-6-5-13-30-22)25-11-3-4-12-25/h5-10,13,17,20-21,23-24H,3-4,11-12,14-16H2,1-2H3/t20-,21?,23-/m0/s1. The summed E-state index contributed by atoms with van der Waals surface area (Å²) in [6, 6.07) is 9.19. The summed E-state index contributed by atoms with van der Waals surface area (Å²) >= 11 is 0. The molecule has 4 rings (SSSR count). The monoisotopic (exact) mass is 496 g/mol. The zero-order chi connectivity index (χ0) is 23.6. The lowest BCUT2D eigenvalue weighted by Crippen LogP contribution is -2.46. The summed E-state index contributed by atoms with van der Waals surface area (Å²) < 4.78 is 63.0. The SMILES string of the molecule is CC(C)Oc1ccc(S(=O)(=O)[C@H]2CS(=O)(=O)C[C@@H]2NCC(c2ccco2)N2CCCC2)cc1. The van der Waals surface area contributed by atoms with Gasteiger partial charge in [-0.05, 0) is 76.2 Å². The van der Waals surface area contributed by atoms with Crippen LogP contribution in [0.4, 0.5) is 0 Å². The number of hydrogen-bond donors (Lipinski definition) is 1. The highest BCUT2D eigenvalue weighted by Gasteiger charge is 2.46. The van der Waals surface area contributed by atoms with Crippen LogP contribution in [0, 0.1) is 0 Å². The van der Waals surface area contributed by atoms with Crippen molar-refractivity contribution in [2.45, 2.75) is 55.0 Å². The molecule has 1 aromatic heterocycles. The van der Waals surface area contributed by atoms with Crippen molar-refractivity contribution in [1.82, 2.24) is 10.2 Å². The summed E-state index contributed by atoms with van der Waals surface area (Å²) in [5.74, 6) is 0.790. The van der Waals surface area contributed by atoms with Crippen LogP contribution in [0.3, 0.4) is 0 Å². The molecule has 1 aromatic carbocycles. The molecule has 10 heteroatoms. The summed E-state index contributed by atoms with van der Waals surface area (Å²) in [7, 11) is -7.34. The number of hydrogen-bond acceptors (Lipinski definition) is 8. The summed E-state index contributed by atoms with van der Waals surface area (Å²) in [5.41, 5.74) is 0. The van der Waals surface area contributed by atoms with Crippen LogP contribution in [-0.4, -0.2) is 70.3 Å². The molecule has 0 radical (unpaired) electrons. The second-order valence-corrected chi connectivity index (χ2v) is 13.4. The van der Waals surface area contributed by atoms with Gasteiger partial charge in [0, 0.05) is 12.6 Å². The van der Waals surface area contributed by atoms with Crippen molar-refractivity contribution >= 4 is 19.7 Å². The number of likely N-dealkylation sites (tertiary alicyclic amines) is 1. The van der Waals surface area contributed by atoms with Crippen molar-refractivity contribution < 1.29 is 26.0 Å². The van der Waals surface area contributed by atoms with Gasteiger partial charge in [-0.3, -0.25) is 4.90 Å². The molecule has 8 nitrogen and oxygen atoms in total. The van der Waals surface area contributed by atoms with Crippen molar-refractivity contribution in [3.63, 3.8) is 0 Å². The average molecular weight is 497 g/mol. The molecule has 3 heterocycles. The van der Waals surface area contributed by atoms with Crippen LogP contribution in [0.2, 0.25) is 0 Å². The van der Waals surface area contributed by atoms with E-state index in [1.807, 2.05) is 26.0 Å². The van der Waals surface area contributed by atoms with Crippen LogP contribution in [0.25, 0.3) is 0 Å². The van der Waals surface area contributed by atoms with Gasteiger partial charge in [-0.15, -0.1) is 0 Å². The fourth-order valence-corrected chi connectivity index (χ4v) is 9.39. The Kier molecular flexibility index (Phi) is 7.18. The summed E-state index contributed by atoms with van der Waals surface area (Å²) in [6.07, 6.45) is 3.79. The minimum absolute atomic E-state index is 0.0290. The fraction of sp³-hybridized carbons (Fsp3) is 0.565. The van der Waals surface area contributed by atoms with Crippen LogP contribution in [0.5, 0.6) is 5.75 Å². The summed E-state index contributed by atoms with van der Waals surface area (Å²) in [6.45, 7) is 6.07. The highest BCUT2D eigenvalue weighted by atomic mass is 32.2. The van der Waals surface area contributed by atoms with E-state index >= 15 is 0 Å². The molecular weight excluding hydrogens is 464 g/mol. The first kappa shape index (κ1) is 24.3. The third-order valence-corrected chi connectivity index (χ3v) is 10.4. The number of nitrogens with zero attached hydrogens (tertiary/aromatic N) is 1. The van der Waals surface area contributed by atoms with E-state index in [9.17, 15) is 16.8 Å².